The first-order valence-electron chi connectivity index (χ1n) is 10.8. The molecule has 3 rings (SSSR count). The van der Waals surface area contributed by atoms with Gasteiger partial charge in [-0.1, -0.05) is 36.9 Å². The highest BCUT2D eigenvalue weighted by atomic mass is 16.6. The molecule has 35 heavy (non-hydrogen) atoms. The molecule has 1 N–H and O–H groups in total. The summed E-state index contributed by atoms with van der Waals surface area (Å²) in [7, 11) is 0. The van der Waals surface area contributed by atoms with Crippen LogP contribution in [0.15, 0.2) is 97.1 Å². The number of hydrogen-bond donors (Lipinski definition) is 1. The van der Waals surface area contributed by atoms with Crippen LogP contribution in [0.1, 0.15) is 22.8 Å². The van der Waals surface area contributed by atoms with Gasteiger partial charge < -0.3 is 19.5 Å². The average Bonchev–Trinajstić information content (AvgIpc) is 2.87. The fraction of sp³-hybridized carbons (Fsp3) is 0.107. The summed E-state index contributed by atoms with van der Waals surface area (Å²) < 4.78 is 15.8. The van der Waals surface area contributed by atoms with Gasteiger partial charge in [0.05, 0.1) is 0 Å². The summed E-state index contributed by atoms with van der Waals surface area (Å²) >= 11 is 0. The Labute approximate surface area is 203 Å². The zero-order valence-electron chi connectivity index (χ0n) is 19.2. The zero-order valence-corrected chi connectivity index (χ0v) is 19.2. The van der Waals surface area contributed by atoms with Crippen LogP contribution in [0.2, 0.25) is 0 Å². The number of carbonyl (C=O) groups is 3. The van der Waals surface area contributed by atoms with Crippen molar-refractivity contribution in [2.75, 3.05) is 18.5 Å². The molecule has 0 bridgehead atoms. The first-order chi connectivity index (χ1) is 16.9. The number of rotatable bonds is 10. The molecule has 0 aliphatic rings. The third-order valence-corrected chi connectivity index (χ3v) is 4.59. The van der Waals surface area contributed by atoms with Gasteiger partial charge in [0.25, 0.3) is 5.91 Å². The van der Waals surface area contributed by atoms with Crippen molar-refractivity contribution in [3.63, 3.8) is 0 Å². The fourth-order valence-corrected chi connectivity index (χ4v) is 2.81. The van der Waals surface area contributed by atoms with Crippen molar-refractivity contribution in [3.05, 3.63) is 108 Å². The van der Waals surface area contributed by atoms with Gasteiger partial charge in [0, 0.05) is 22.9 Å². The molecule has 0 aromatic heterocycles. The molecule has 0 radical (unpaired) electrons. The van der Waals surface area contributed by atoms with E-state index in [-0.39, 0.29) is 19.1 Å². The van der Waals surface area contributed by atoms with Gasteiger partial charge in [-0.2, -0.15) is 0 Å². The molecule has 0 fully saturated rings. The summed E-state index contributed by atoms with van der Waals surface area (Å²) in [6.07, 6.45) is 2.94. The topological polar surface area (TPSA) is 90.9 Å². The Morgan fingerprint density at radius 3 is 2.17 bits per heavy atom. The highest BCUT2D eigenvalue weighted by molar-refractivity contribution is 6.04. The lowest BCUT2D eigenvalue weighted by Crippen LogP contribution is -2.12. The quantitative estimate of drug-likeness (QED) is 0.192. The van der Waals surface area contributed by atoms with E-state index < -0.39 is 11.9 Å². The van der Waals surface area contributed by atoms with E-state index >= 15 is 0 Å². The van der Waals surface area contributed by atoms with Crippen molar-refractivity contribution in [2.24, 2.45) is 0 Å². The van der Waals surface area contributed by atoms with Gasteiger partial charge in [-0.25, -0.2) is 9.59 Å². The second-order valence-electron chi connectivity index (χ2n) is 7.43. The van der Waals surface area contributed by atoms with E-state index in [2.05, 4.69) is 11.9 Å². The third-order valence-electron chi connectivity index (χ3n) is 4.59. The molecular formula is C28H25NO6. The largest absolute Gasteiger partial charge is 0.490 e. The number of anilines is 1. The van der Waals surface area contributed by atoms with Crippen molar-refractivity contribution in [3.8, 4) is 11.5 Å². The molecule has 0 aliphatic carbocycles. The van der Waals surface area contributed by atoms with Crippen LogP contribution in [0.4, 0.5) is 5.69 Å². The van der Waals surface area contributed by atoms with Crippen LogP contribution >= 0.6 is 0 Å². The summed E-state index contributed by atoms with van der Waals surface area (Å²) in [6.45, 7) is 5.43. The fourth-order valence-electron chi connectivity index (χ4n) is 2.81. The lowest BCUT2D eigenvalue weighted by Gasteiger charge is -2.07. The number of hydrogen-bond acceptors (Lipinski definition) is 6. The smallest absolute Gasteiger partial charge is 0.336 e. The molecule has 7 heteroatoms. The van der Waals surface area contributed by atoms with Gasteiger partial charge in [-0.3, -0.25) is 4.79 Å². The number of carbonyl (C=O) groups excluding carboxylic acids is 3. The molecule has 0 unspecified atom stereocenters. The summed E-state index contributed by atoms with van der Waals surface area (Å²) in [5, 5.41) is 2.79. The minimum atomic E-state index is -0.536. The van der Waals surface area contributed by atoms with E-state index in [1.54, 1.807) is 85.8 Å². The summed E-state index contributed by atoms with van der Waals surface area (Å²) in [4.78, 5) is 35.6. The molecule has 0 spiro atoms. The van der Waals surface area contributed by atoms with E-state index in [0.717, 1.165) is 5.56 Å². The zero-order chi connectivity index (χ0) is 25.0. The van der Waals surface area contributed by atoms with Crippen LogP contribution in [0, 0.1) is 0 Å². The maximum atomic E-state index is 12.2. The first-order valence-corrected chi connectivity index (χ1v) is 10.8. The molecule has 0 heterocycles. The van der Waals surface area contributed by atoms with E-state index in [0.29, 0.717) is 28.3 Å². The molecule has 3 aromatic carbocycles. The standard InChI is InChI=1S/C28H25NO6/c1-20(2)28(32)34-19-18-33-24-13-8-21(9-14-24)10-17-26(30)35-25-15-11-23(12-16-25)29-27(31)22-6-4-3-5-7-22/h3-17H,1,18-19H2,2H3,(H,29,31)/b17-10+. The highest BCUT2D eigenvalue weighted by Gasteiger charge is 2.06. The molecule has 3 aromatic rings. The Bertz CT molecular complexity index is 1200. The monoisotopic (exact) mass is 471 g/mol. The van der Waals surface area contributed by atoms with E-state index in [1.807, 2.05) is 6.07 Å². The lowest BCUT2D eigenvalue weighted by atomic mass is 10.2. The van der Waals surface area contributed by atoms with Gasteiger partial charge in [-0.15, -0.1) is 0 Å². The normalized spacial score (nSPS) is 10.4. The van der Waals surface area contributed by atoms with Crippen molar-refractivity contribution in [1.82, 2.24) is 0 Å². The van der Waals surface area contributed by atoms with Gasteiger partial charge in [0.15, 0.2) is 0 Å². The minimum Gasteiger partial charge on any atom is -0.490 e. The van der Waals surface area contributed by atoms with Crippen LogP contribution in [0.5, 0.6) is 11.5 Å². The molecule has 0 atom stereocenters. The van der Waals surface area contributed by atoms with Gasteiger partial charge in [0.1, 0.15) is 24.7 Å². The minimum absolute atomic E-state index is 0.125. The van der Waals surface area contributed by atoms with Crippen LogP contribution in [0.25, 0.3) is 6.08 Å². The molecule has 0 saturated carbocycles. The number of benzene rings is 3. The Morgan fingerprint density at radius 1 is 0.857 bits per heavy atom. The van der Waals surface area contributed by atoms with E-state index in [9.17, 15) is 14.4 Å². The summed E-state index contributed by atoms with van der Waals surface area (Å²) in [5.74, 6) is -0.248. The van der Waals surface area contributed by atoms with Crippen molar-refractivity contribution < 1.29 is 28.6 Å². The predicted octanol–water partition coefficient (Wildman–Crippen LogP) is 5.06. The molecule has 1 amide bonds. The summed E-state index contributed by atoms with van der Waals surface area (Å²) in [6, 6.07) is 22.4. The van der Waals surface area contributed by atoms with Crippen LogP contribution in [-0.2, 0) is 14.3 Å². The number of amides is 1. The third kappa shape index (κ3) is 8.33. The van der Waals surface area contributed by atoms with E-state index in [4.69, 9.17) is 14.2 Å². The van der Waals surface area contributed by atoms with E-state index in [1.165, 1.54) is 6.08 Å². The van der Waals surface area contributed by atoms with Crippen LogP contribution < -0.4 is 14.8 Å². The average molecular weight is 472 g/mol. The van der Waals surface area contributed by atoms with Gasteiger partial charge >= 0.3 is 11.9 Å². The predicted molar refractivity (Wildman–Crippen MR) is 133 cm³/mol. The second kappa shape index (κ2) is 12.6. The number of nitrogens with one attached hydrogen (secondary N) is 1. The molecular weight excluding hydrogens is 446 g/mol. The van der Waals surface area contributed by atoms with Crippen LogP contribution in [-0.4, -0.2) is 31.1 Å². The SMILES string of the molecule is C=C(C)C(=O)OCCOc1ccc(/C=C/C(=O)Oc2ccc(NC(=O)c3ccccc3)cc2)cc1. The maximum Gasteiger partial charge on any atom is 0.336 e. The van der Waals surface area contributed by atoms with Crippen molar-refractivity contribution in [2.45, 2.75) is 6.92 Å². The van der Waals surface area contributed by atoms with Gasteiger partial charge in [0.2, 0.25) is 0 Å². The molecule has 0 saturated heterocycles. The Balaban J connectivity index is 1.43. The molecule has 0 aliphatic heterocycles. The van der Waals surface area contributed by atoms with Gasteiger partial charge in [-0.05, 0) is 67.1 Å². The Hall–Kier alpha value is -4.65. The lowest BCUT2D eigenvalue weighted by molar-refractivity contribution is -0.139. The van der Waals surface area contributed by atoms with Crippen molar-refractivity contribution >= 4 is 29.6 Å². The van der Waals surface area contributed by atoms with Crippen molar-refractivity contribution in [1.29, 1.82) is 0 Å². The summed E-state index contributed by atoms with van der Waals surface area (Å²) in [5.41, 5.74) is 2.26. The molecule has 7 nitrogen and oxygen atoms in total. The molecule has 178 valence electrons. The number of esters is 2. The highest BCUT2D eigenvalue weighted by Crippen LogP contribution is 2.18. The van der Waals surface area contributed by atoms with Crippen LogP contribution in [0.3, 0.4) is 0 Å². The first kappa shape index (κ1) is 25.0. The number of ether oxygens (including phenoxy) is 3. The Kier molecular flexibility index (Phi) is 8.96. The second-order valence-corrected chi connectivity index (χ2v) is 7.43. The maximum absolute atomic E-state index is 12.2. The Morgan fingerprint density at radius 2 is 1.51 bits per heavy atom.